The predicted molar refractivity (Wildman–Crippen MR) is 98.4 cm³/mol. The summed E-state index contributed by atoms with van der Waals surface area (Å²) in [4.78, 5) is -0.203. The van der Waals surface area contributed by atoms with Crippen LogP contribution >= 0.6 is 82.6 Å². The van der Waals surface area contributed by atoms with Gasteiger partial charge in [-0.1, -0.05) is 82.6 Å². The van der Waals surface area contributed by atoms with Gasteiger partial charge in [0, 0.05) is 21.4 Å². The summed E-state index contributed by atoms with van der Waals surface area (Å²) in [6, 6.07) is 2.45. The Hall–Kier alpha value is 1.44. The third kappa shape index (κ3) is 5.21. The Bertz CT molecular complexity index is 598. The summed E-state index contributed by atoms with van der Waals surface area (Å²) in [5.74, 6) is 0. The molecule has 0 aliphatic heterocycles. The van der Waals surface area contributed by atoms with Crippen LogP contribution in [0.25, 0.3) is 0 Å². The lowest BCUT2D eigenvalue weighted by atomic mass is 9.98. The minimum Gasteiger partial charge on any atom is -0.266 e. The molecule has 0 heterocycles. The molecule has 120 valence electrons. The van der Waals surface area contributed by atoms with E-state index in [9.17, 15) is 8.42 Å². The first-order valence-corrected chi connectivity index (χ1v) is 11.3. The van der Waals surface area contributed by atoms with Crippen molar-refractivity contribution >= 4 is 92.7 Å². The normalized spacial score (nSPS) is 12.7. The molecule has 0 aromatic heterocycles. The minimum absolute atomic E-state index is 0.0202. The lowest BCUT2D eigenvalue weighted by Gasteiger charge is -2.26. The fourth-order valence-electron chi connectivity index (χ4n) is 1.18. The van der Waals surface area contributed by atoms with Crippen molar-refractivity contribution in [1.82, 2.24) is 0 Å². The molecule has 0 aliphatic rings. The van der Waals surface area contributed by atoms with Gasteiger partial charge in [0.15, 0.2) is 0 Å². The maximum atomic E-state index is 12.3. The average Bonchev–Trinajstić information content (AvgIpc) is 2.45. The SMILES string of the molecule is O=S(=O)(OCC(CBr)(CBr)CBr)c1cc(Cl)c(Cl)cc1Cl. The van der Waals surface area contributed by atoms with Crippen molar-refractivity contribution < 1.29 is 12.6 Å². The molecule has 0 atom stereocenters. The maximum absolute atomic E-state index is 12.3. The van der Waals surface area contributed by atoms with Crippen molar-refractivity contribution in [1.29, 1.82) is 0 Å². The largest absolute Gasteiger partial charge is 0.298 e. The van der Waals surface area contributed by atoms with Crippen LogP contribution in [-0.2, 0) is 14.3 Å². The van der Waals surface area contributed by atoms with Gasteiger partial charge in [-0.05, 0) is 12.1 Å². The molecule has 21 heavy (non-hydrogen) atoms. The smallest absolute Gasteiger partial charge is 0.266 e. The molecule has 0 amide bonds. The molecule has 1 aromatic carbocycles. The minimum atomic E-state index is -4.03. The van der Waals surface area contributed by atoms with Gasteiger partial charge >= 0.3 is 0 Å². The van der Waals surface area contributed by atoms with Crippen LogP contribution in [0.3, 0.4) is 0 Å². The zero-order valence-corrected chi connectivity index (χ0v) is 18.2. The lowest BCUT2D eigenvalue weighted by Crippen LogP contribution is -2.33. The Morgan fingerprint density at radius 2 is 1.43 bits per heavy atom. The van der Waals surface area contributed by atoms with Crippen molar-refractivity contribution in [2.75, 3.05) is 22.6 Å². The van der Waals surface area contributed by atoms with Crippen molar-refractivity contribution in [3.05, 3.63) is 27.2 Å². The van der Waals surface area contributed by atoms with Gasteiger partial charge < -0.3 is 0 Å². The van der Waals surface area contributed by atoms with Crippen LogP contribution in [0.15, 0.2) is 17.0 Å². The highest BCUT2D eigenvalue weighted by Gasteiger charge is 2.31. The number of halogens is 6. The lowest BCUT2D eigenvalue weighted by molar-refractivity contribution is 0.218. The summed E-state index contributed by atoms with van der Waals surface area (Å²) >= 11 is 27.6. The Morgan fingerprint density at radius 3 is 1.90 bits per heavy atom. The van der Waals surface area contributed by atoms with Gasteiger partial charge in [0.05, 0.1) is 21.7 Å². The van der Waals surface area contributed by atoms with Gasteiger partial charge in [-0.25, -0.2) is 0 Å². The molecule has 0 fully saturated rings. The van der Waals surface area contributed by atoms with Gasteiger partial charge in [-0.15, -0.1) is 0 Å². The fourth-order valence-corrected chi connectivity index (χ4v) is 6.44. The van der Waals surface area contributed by atoms with E-state index in [2.05, 4.69) is 47.8 Å². The summed E-state index contributed by atoms with van der Waals surface area (Å²) in [5.41, 5.74) is -0.407. The fraction of sp³-hybridized carbons (Fsp3) is 0.455. The second kappa shape index (κ2) is 8.51. The Kier molecular flexibility index (Phi) is 8.30. The van der Waals surface area contributed by atoms with Gasteiger partial charge in [-0.2, -0.15) is 8.42 Å². The van der Waals surface area contributed by atoms with E-state index in [0.29, 0.717) is 16.0 Å². The molecule has 0 N–H and O–H groups in total. The second-order valence-corrected chi connectivity index (χ2v) is 8.80. The van der Waals surface area contributed by atoms with Crippen molar-refractivity contribution in [3.8, 4) is 0 Å². The van der Waals surface area contributed by atoms with E-state index in [1.165, 1.54) is 12.1 Å². The third-order valence-corrected chi connectivity index (χ3v) is 8.63. The molecule has 0 aliphatic carbocycles. The van der Waals surface area contributed by atoms with E-state index in [0.717, 1.165) is 0 Å². The molecule has 0 unspecified atom stereocenters. The van der Waals surface area contributed by atoms with E-state index in [-0.39, 0.29) is 26.6 Å². The number of alkyl halides is 3. The summed E-state index contributed by atoms with van der Waals surface area (Å²) in [6.45, 7) is -0.0202. The molecule has 0 bridgehead atoms. The van der Waals surface area contributed by atoms with Crippen LogP contribution in [0, 0.1) is 5.41 Å². The van der Waals surface area contributed by atoms with Crippen LogP contribution in [0.2, 0.25) is 15.1 Å². The first-order valence-electron chi connectivity index (χ1n) is 5.43. The van der Waals surface area contributed by atoms with Crippen LogP contribution in [0.5, 0.6) is 0 Å². The summed E-state index contributed by atoms with van der Waals surface area (Å²) in [7, 11) is -4.03. The van der Waals surface area contributed by atoms with Crippen molar-refractivity contribution in [2.24, 2.45) is 5.41 Å². The van der Waals surface area contributed by atoms with Crippen molar-refractivity contribution in [2.45, 2.75) is 4.90 Å². The average molecular weight is 568 g/mol. The van der Waals surface area contributed by atoms with E-state index in [1.807, 2.05) is 0 Å². The van der Waals surface area contributed by atoms with E-state index in [4.69, 9.17) is 39.0 Å². The Balaban J connectivity index is 3.05. The highest BCUT2D eigenvalue weighted by molar-refractivity contribution is 9.10. The Morgan fingerprint density at radius 1 is 0.952 bits per heavy atom. The molecule has 1 rings (SSSR count). The first-order chi connectivity index (χ1) is 9.71. The number of hydrogen-bond acceptors (Lipinski definition) is 3. The van der Waals surface area contributed by atoms with E-state index < -0.39 is 15.5 Å². The summed E-state index contributed by atoms with van der Waals surface area (Å²) in [6.07, 6.45) is 0. The van der Waals surface area contributed by atoms with Crippen LogP contribution in [-0.4, -0.2) is 31.0 Å². The highest BCUT2D eigenvalue weighted by Crippen LogP contribution is 2.34. The second-order valence-electron chi connectivity index (χ2n) is 4.31. The third-order valence-electron chi connectivity index (χ3n) is 2.61. The molecule has 1 aromatic rings. The zero-order chi connectivity index (χ0) is 16.3. The number of rotatable bonds is 7. The van der Waals surface area contributed by atoms with Gasteiger partial charge in [0.2, 0.25) is 0 Å². The summed E-state index contributed by atoms with van der Waals surface area (Å²) in [5, 5.41) is 1.91. The molecule has 3 nitrogen and oxygen atoms in total. The van der Waals surface area contributed by atoms with Crippen LogP contribution < -0.4 is 0 Å². The topological polar surface area (TPSA) is 43.4 Å². The first kappa shape index (κ1) is 20.5. The number of hydrogen-bond donors (Lipinski definition) is 0. The van der Waals surface area contributed by atoms with Crippen LogP contribution in [0.4, 0.5) is 0 Å². The van der Waals surface area contributed by atoms with Gasteiger partial charge in [0.1, 0.15) is 4.90 Å². The van der Waals surface area contributed by atoms with Crippen LogP contribution in [0.1, 0.15) is 0 Å². The maximum Gasteiger partial charge on any atom is 0.298 e. The standard InChI is InChI=1S/C11H10Br3Cl3O3S/c12-3-11(4-13,5-14)6-20-21(18,19)10-2-8(16)7(15)1-9(10)17/h1-2H,3-6H2. The Labute approximate surface area is 164 Å². The molecule has 0 spiro atoms. The monoisotopic (exact) mass is 564 g/mol. The molecule has 0 saturated carbocycles. The number of benzene rings is 1. The quantitative estimate of drug-likeness (QED) is 0.247. The highest BCUT2D eigenvalue weighted by atomic mass is 79.9. The molecular weight excluding hydrogens is 558 g/mol. The van der Waals surface area contributed by atoms with E-state index >= 15 is 0 Å². The molecule has 0 radical (unpaired) electrons. The van der Waals surface area contributed by atoms with Gasteiger partial charge in [-0.3, -0.25) is 4.18 Å². The predicted octanol–water partition coefficient (Wildman–Crippen LogP) is 5.52. The van der Waals surface area contributed by atoms with E-state index in [1.54, 1.807) is 0 Å². The molecule has 10 heteroatoms. The van der Waals surface area contributed by atoms with Crippen molar-refractivity contribution in [3.63, 3.8) is 0 Å². The molecule has 0 saturated heterocycles. The molecular formula is C11H10Br3Cl3O3S. The van der Waals surface area contributed by atoms with Gasteiger partial charge in [0.25, 0.3) is 10.1 Å². The summed E-state index contributed by atoms with van der Waals surface area (Å²) < 4.78 is 29.6. The zero-order valence-electron chi connectivity index (χ0n) is 10.4.